The summed E-state index contributed by atoms with van der Waals surface area (Å²) in [4.78, 5) is 14.6. The molecular weight excluding hydrogens is 391 g/mol. The Morgan fingerprint density at radius 2 is 2.00 bits per heavy atom. The normalized spacial score (nSPS) is 17.4. The van der Waals surface area contributed by atoms with E-state index in [1.807, 2.05) is 6.07 Å². The summed E-state index contributed by atoms with van der Waals surface area (Å²) < 4.78 is 25.3. The van der Waals surface area contributed by atoms with E-state index in [4.69, 9.17) is 5.26 Å². The zero-order valence-electron chi connectivity index (χ0n) is 15.8. The van der Waals surface area contributed by atoms with Crippen LogP contribution in [0.2, 0.25) is 0 Å². The SMILES string of the molecule is CC1=C(C#N)[C@@H](c2ccc(C#N)cc2[S@+](C)[O-])NC(=O)N1c1cccc(CF)c1. The van der Waals surface area contributed by atoms with Crippen molar-refractivity contribution >= 4 is 22.9 Å². The fourth-order valence-corrected chi connectivity index (χ4v) is 4.11. The van der Waals surface area contributed by atoms with Crippen molar-refractivity contribution in [2.45, 2.75) is 24.5 Å². The van der Waals surface area contributed by atoms with E-state index in [9.17, 15) is 19.0 Å². The molecule has 2 aromatic carbocycles. The monoisotopic (exact) mass is 408 g/mol. The molecule has 6 nitrogen and oxygen atoms in total. The molecule has 2 atom stereocenters. The number of carbonyl (C=O) groups excluding carboxylic acids is 1. The van der Waals surface area contributed by atoms with Gasteiger partial charge in [0.05, 0.1) is 35.0 Å². The van der Waals surface area contributed by atoms with Crippen molar-refractivity contribution in [2.24, 2.45) is 0 Å². The topological polar surface area (TPSA) is 103 Å². The molecule has 0 unspecified atom stereocenters. The number of alkyl halides is 1. The maximum Gasteiger partial charge on any atom is 0.327 e. The smallest absolute Gasteiger partial charge is 0.327 e. The largest absolute Gasteiger partial charge is 0.612 e. The van der Waals surface area contributed by atoms with Gasteiger partial charge < -0.3 is 9.87 Å². The van der Waals surface area contributed by atoms with Crippen molar-refractivity contribution in [1.29, 1.82) is 10.5 Å². The van der Waals surface area contributed by atoms with Crippen LogP contribution in [0.3, 0.4) is 0 Å². The molecule has 146 valence electrons. The first-order chi connectivity index (χ1) is 13.9. The van der Waals surface area contributed by atoms with Gasteiger partial charge in [0, 0.05) is 17.3 Å². The zero-order chi connectivity index (χ0) is 21.1. The van der Waals surface area contributed by atoms with Crippen LogP contribution in [-0.2, 0) is 17.9 Å². The third-order valence-electron chi connectivity index (χ3n) is 4.69. The average Bonchev–Trinajstić information content (AvgIpc) is 2.73. The number of rotatable bonds is 4. The lowest BCUT2D eigenvalue weighted by atomic mass is 9.94. The van der Waals surface area contributed by atoms with Crippen molar-refractivity contribution in [3.63, 3.8) is 0 Å². The van der Waals surface area contributed by atoms with Gasteiger partial charge in [0.1, 0.15) is 12.9 Å². The molecule has 29 heavy (non-hydrogen) atoms. The van der Waals surface area contributed by atoms with Gasteiger partial charge in [-0.25, -0.2) is 9.18 Å². The second-order valence-corrected chi connectivity index (χ2v) is 7.80. The van der Waals surface area contributed by atoms with Crippen molar-refractivity contribution in [3.05, 3.63) is 70.4 Å². The molecule has 2 aromatic rings. The summed E-state index contributed by atoms with van der Waals surface area (Å²) in [6.07, 6.45) is 1.47. The molecule has 0 aliphatic carbocycles. The number of amides is 2. The van der Waals surface area contributed by atoms with E-state index in [-0.39, 0.29) is 5.57 Å². The number of nitrogens with zero attached hydrogens (tertiary/aromatic N) is 3. The van der Waals surface area contributed by atoms with E-state index in [1.54, 1.807) is 43.3 Å². The minimum absolute atomic E-state index is 0.270. The second kappa shape index (κ2) is 8.36. The van der Waals surface area contributed by atoms with Gasteiger partial charge in [0.25, 0.3) is 0 Å². The first kappa shape index (κ1) is 20.4. The Balaban J connectivity index is 2.13. The summed E-state index contributed by atoms with van der Waals surface area (Å²) in [7, 11) is 0. The highest BCUT2D eigenvalue weighted by Gasteiger charge is 2.35. The van der Waals surface area contributed by atoms with Gasteiger partial charge in [-0.3, -0.25) is 4.90 Å². The first-order valence-electron chi connectivity index (χ1n) is 8.65. The van der Waals surface area contributed by atoms with E-state index in [1.165, 1.54) is 17.2 Å². The van der Waals surface area contributed by atoms with Crippen LogP contribution in [0.5, 0.6) is 0 Å². The van der Waals surface area contributed by atoms with Crippen molar-refractivity contribution < 1.29 is 13.7 Å². The van der Waals surface area contributed by atoms with Gasteiger partial charge in [0.2, 0.25) is 0 Å². The number of carbonyl (C=O) groups is 1. The van der Waals surface area contributed by atoms with E-state index in [0.717, 1.165) is 0 Å². The number of allylic oxidation sites excluding steroid dienone is 1. The Morgan fingerprint density at radius 3 is 2.62 bits per heavy atom. The van der Waals surface area contributed by atoms with Crippen LogP contribution in [0.1, 0.15) is 29.7 Å². The summed E-state index contributed by atoms with van der Waals surface area (Å²) in [6, 6.07) is 13.9. The van der Waals surface area contributed by atoms with Gasteiger partial charge >= 0.3 is 6.03 Å². The molecule has 0 saturated heterocycles. The zero-order valence-corrected chi connectivity index (χ0v) is 16.6. The van der Waals surface area contributed by atoms with E-state index < -0.39 is 29.9 Å². The fraction of sp³-hybridized carbons (Fsp3) is 0.190. The number of benzene rings is 2. The average molecular weight is 408 g/mol. The lowest BCUT2D eigenvalue weighted by molar-refractivity contribution is 0.243. The molecule has 0 bridgehead atoms. The third kappa shape index (κ3) is 3.81. The van der Waals surface area contributed by atoms with Crippen LogP contribution in [0.4, 0.5) is 14.9 Å². The summed E-state index contributed by atoms with van der Waals surface area (Å²) in [6.45, 7) is 0.968. The van der Waals surface area contributed by atoms with Gasteiger partial charge in [-0.1, -0.05) is 18.2 Å². The number of hydrogen-bond acceptors (Lipinski definition) is 4. The van der Waals surface area contributed by atoms with Crippen molar-refractivity contribution in [2.75, 3.05) is 11.2 Å². The summed E-state index contributed by atoms with van der Waals surface area (Å²) in [5.74, 6) is 0. The third-order valence-corrected chi connectivity index (χ3v) is 5.66. The van der Waals surface area contributed by atoms with Gasteiger partial charge in [0.15, 0.2) is 4.90 Å². The number of nitriles is 2. The van der Waals surface area contributed by atoms with Crippen molar-refractivity contribution in [1.82, 2.24) is 5.32 Å². The van der Waals surface area contributed by atoms with Crippen LogP contribution >= 0.6 is 0 Å². The summed E-state index contributed by atoms with van der Waals surface area (Å²) >= 11 is -1.43. The fourth-order valence-electron chi connectivity index (χ4n) is 3.30. The van der Waals surface area contributed by atoms with E-state index >= 15 is 0 Å². The van der Waals surface area contributed by atoms with Crippen LogP contribution in [0.15, 0.2) is 58.6 Å². The Morgan fingerprint density at radius 1 is 1.24 bits per heavy atom. The molecule has 0 spiro atoms. The highest BCUT2D eigenvalue weighted by Crippen LogP contribution is 2.36. The lowest BCUT2D eigenvalue weighted by Crippen LogP contribution is -2.46. The number of hydrogen-bond donors (Lipinski definition) is 1. The predicted octanol–water partition coefficient (Wildman–Crippen LogP) is 3.83. The summed E-state index contributed by atoms with van der Waals surface area (Å²) in [5.41, 5.74) is 2.36. The second-order valence-electron chi connectivity index (χ2n) is 6.45. The molecule has 0 radical (unpaired) electrons. The Bertz CT molecular complexity index is 1080. The molecule has 1 heterocycles. The van der Waals surface area contributed by atoms with E-state index in [0.29, 0.717) is 33.0 Å². The Kier molecular flexibility index (Phi) is 5.88. The minimum atomic E-state index is -1.43. The Hall–Kier alpha value is -3.33. The summed E-state index contributed by atoms with van der Waals surface area (Å²) in [5, 5.41) is 21.7. The van der Waals surface area contributed by atoms with Crippen LogP contribution in [0.25, 0.3) is 0 Å². The first-order valence-corrected chi connectivity index (χ1v) is 10.2. The number of anilines is 1. The van der Waals surface area contributed by atoms with Gasteiger partial charge in [-0.2, -0.15) is 10.5 Å². The Labute approximate surface area is 171 Å². The minimum Gasteiger partial charge on any atom is -0.612 e. The maximum atomic E-state index is 13.0. The molecule has 1 N–H and O–H groups in total. The highest BCUT2D eigenvalue weighted by atomic mass is 32.2. The number of urea groups is 1. The predicted molar refractivity (Wildman–Crippen MR) is 107 cm³/mol. The lowest BCUT2D eigenvalue weighted by Gasteiger charge is -2.34. The molecule has 1 aliphatic heterocycles. The molecule has 0 aromatic heterocycles. The van der Waals surface area contributed by atoms with Crippen LogP contribution in [0, 0.1) is 22.7 Å². The van der Waals surface area contributed by atoms with E-state index in [2.05, 4.69) is 11.4 Å². The molecule has 2 amide bonds. The number of nitrogens with one attached hydrogen (secondary N) is 1. The molecular formula is C21H17FN4O2S. The number of halogens is 1. The molecule has 0 fully saturated rings. The van der Waals surface area contributed by atoms with Crippen LogP contribution in [-0.4, -0.2) is 16.8 Å². The van der Waals surface area contributed by atoms with Gasteiger partial charge in [-0.05, 0) is 41.9 Å². The maximum absolute atomic E-state index is 13.0. The highest BCUT2D eigenvalue weighted by molar-refractivity contribution is 7.90. The quantitative estimate of drug-likeness (QED) is 0.777. The van der Waals surface area contributed by atoms with Crippen molar-refractivity contribution in [3.8, 4) is 12.1 Å². The van der Waals surface area contributed by atoms with Crippen LogP contribution < -0.4 is 10.2 Å². The molecule has 8 heteroatoms. The molecule has 3 rings (SSSR count). The standard InChI is InChI=1S/C21H17FN4O2S/c1-13-18(12-24)20(17-7-6-15(11-23)9-19(17)29(2)28)25-21(27)26(13)16-5-3-4-14(8-16)10-22/h3-9,20H,10H2,1-2H3,(H,25,27)/t20-,29+/m1/s1. The van der Waals surface area contributed by atoms with Gasteiger partial charge in [-0.15, -0.1) is 0 Å². The molecule has 0 saturated carbocycles. The molecule has 1 aliphatic rings.